The Morgan fingerprint density at radius 3 is 2.40 bits per heavy atom. The van der Waals surface area contributed by atoms with Crippen LogP contribution in [0.5, 0.6) is 17.2 Å². The maximum atomic E-state index is 8.82. The zero-order chi connectivity index (χ0) is 7.72. The highest BCUT2D eigenvalue weighted by atomic mass is 79.9. The molecule has 3 nitrogen and oxygen atoms in total. The van der Waals surface area contributed by atoms with Crippen molar-refractivity contribution >= 4 is 15.9 Å². The molecule has 0 saturated carbocycles. The van der Waals surface area contributed by atoms with Crippen molar-refractivity contribution in [3.8, 4) is 17.2 Å². The molecule has 0 amide bonds. The van der Waals surface area contributed by atoms with Gasteiger partial charge in [0.05, 0.1) is 0 Å². The molecule has 0 atom stereocenters. The molecule has 0 aliphatic carbocycles. The van der Waals surface area contributed by atoms with Gasteiger partial charge in [-0.1, -0.05) is 0 Å². The van der Waals surface area contributed by atoms with E-state index < -0.39 is 11.5 Å². The third-order valence-electron chi connectivity index (χ3n) is 0.968. The molecule has 0 bridgehead atoms. The molecule has 0 aromatic heterocycles. The van der Waals surface area contributed by atoms with Gasteiger partial charge in [0.15, 0.2) is 11.5 Å². The van der Waals surface area contributed by atoms with Crippen molar-refractivity contribution in [2.45, 2.75) is 0 Å². The van der Waals surface area contributed by atoms with Crippen molar-refractivity contribution in [2.24, 2.45) is 0 Å². The molecule has 1 rings (SSSR count). The van der Waals surface area contributed by atoms with Crippen molar-refractivity contribution < 1.29 is 15.3 Å². The van der Waals surface area contributed by atoms with Crippen molar-refractivity contribution in [3.63, 3.8) is 0 Å². The molecule has 0 aliphatic heterocycles. The molecule has 0 fully saturated rings. The fourth-order valence-corrected chi connectivity index (χ4v) is 0.923. The van der Waals surface area contributed by atoms with E-state index in [1.54, 1.807) is 0 Å². The highest BCUT2D eigenvalue weighted by Crippen LogP contribution is 2.36. The first-order valence-electron chi connectivity index (χ1n) is 2.44. The summed E-state index contributed by atoms with van der Waals surface area (Å²) in [6, 6.07) is 3.57. The highest BCUT2D eigenvalue weighted by molar-refractivity contribution is 9.10. The van der Waals surface area contributed by atoms with Crippen LogP contribution in [0.15, 0.2) is 10.5 Å². The minimum atomic E-state index is -0.553. The van der Waals surface area contributed by atoms with Gasteiger partial charge in [-0.05, 0) is 22.0 Å². The van der Waals surface area contributed by atoms with Gasteiger partial charge < -0.3 is 15.3 Å². The molecule has 3 N–H and O–H groups in total. The molecule has 1 aromatic rings. The predicted molar refractivity (Wildman–Crippen MR) is 38.0 cm³/mol. The van der Waals surface area contributed by atoms with Crippen LogP contribution in [-0.4, -0.2) is 15.3 Å². The number of benzene rings is 1. The lowest BCUT2D eigenvalue weighted by molar-refractivity contribution is 0.367. The first-order valence-corrected chi connectivity index (χ1v) is 3.23. The smallest absolute Gasteiger partial charge is 0.201 e. The van der Waals surface area contributed by atoms with E-state index >= 15 is 0 Å². The number of halogens is 1. The van der Waals surface area contributed by atoms with Gasteiger partial charge >= 0.3 is 0 Å². The average molecular weight is 204 g/mol. The van der Waals surface area contributed by atoms with Gasteiger partial charge in [0.25, 0.3) is 0 Å². The van der Waals surface area contributed by atoms with Gasteiger partial charge in [-0.2, -0.15) is 0 Å². The summed E-state index contributed by atoms with van der Waals surface area (Å²) in [5, 5.41) is 26.4. The van der Waals surface area contributed by atoms with E-state index in [0.717, 1.165) is 0 Å². The quantitative estimate of drug-likeness (QED) is 0.559. The molecule has 0 aliphatic rings. The molecular weight excluding hydrogens is 200 g/mol. The van der Waals surface area contributed by atoms with Crippen LogP contribution in [0.4, 0.5) is 0 Å². The Balaban J connectivity index is 3.31. The second-order valence-electron chi connectivity index (χ2n) is 1.70. The maximum Gasteiger partial charge on any atom is 0.201 e. The summed E-state index contributed by atoms with van der Waals surface area (Å²) < 4.78 is 0.389. The molecule has 1 radical (unpaired) electrons. The van der Waals surface area contributed by atoms with Crippen molar-refractivity contribution in [3.05, 3.63) is 16.6 Å². The molecular formula is C6H4BrO3. The van der Waals surface area contributed by atoms with E-state index in [2.05, 4.69) is 22.0 Å². The van der Waals surface area contributed by atoms with Crippen LogP contribution < -0.4 is 0 Å². The third kappa shape index (κ3) is 1.16. The molecule has 0 spiro atoms. The fraction of sp³-hybridized carbons (Fsp3) is 0. The van der Waals surface area contributed by atoms with Crippen LogP contribution in [-0.2, 0) is 0 Å². The number of hydrogen-bond acceptors (Lipinski definition) is 3. The summed E-state index contributed by atoms with van der Waals surface area (Å²) in [6.07, 6.45) is 0. The number of rotatable bonds is 0. The Morgan fingerprint density at radius 2 is 1.90 bits per heavy atom. The van der Waals surface area contributed by atoms with Crippen LogP contribution in [0.25, 0.3) is 0 Å². The lowest BCUT2D eigenvalue weighted by Gasteiger charge is -1.98. The Kier molecular flexibility index (Phi) is 1.72. The number of hydrogen-bond donors (Lipinski definition) is 3. The second-order valence-corrected chi connectivity index (χ2v) is 2.55. The summed E-state index contributed by atoms with van der Waals surface area (Å²) in [4.78, 5) is 0. The van der Waals surface area contributed by atoms with E-state index in [-0.39, 0.29) is 5.75 Å². The summed E-state index contributed by atoms with van der Waals surface area (Å²) in [6.45, 7) is 0. The highest BCUT2D eigenvalue weighted by Gasteiger charge is 2.05. The number of phenols is 3. The molecule has 53 valence electrons. The monoisotopic (exact) mass is 203 g/mol. The Bertz CT molecular complexity index is 236. The molecule has 0 unspecified atom stereocenters. The lowest BCUT2D eigenvalue weighted by atomic mass is 10.3. The molecule has 10 heavy (non-hydrogen) atoms. The van der Waals surface area contributed by atoms with E-state index in [1.807, 2.05) is 0 Å². The van der Waals surface area contributed by atoms with Crippen molar-refractivity contribution in [1.29, 1.82) is 0 Å². The first-order chi connectivity index (χ1) is 4.61. The van der Waals surface area contributed by atoms with Crippen LogP contribution in [0, 0.1) is 6.07 Å². The molecule has 0 saturated heterocycles. The summed E-state index contributed by atoms with van der Waals surface area (Å²) >= 11 is 2.96. The van der Waals surface area contributed by atoms with E-state index in [9.17, 15) is 0 Å². The second kappa shape index (κ2) is 2.38. The third-order valence-corrected chi connectivity index (χ3v) is 1.40. The Hall–Kier alpha value is -0.900. The fourth-order valence-electron chi connectivity index (χ4n) is 0.518. The summed E-state index contributed by atoms with van der Waals surface area (Å²) in [7, 11) is 0. The zero-order valence-electron chi connectivity index (χ0n) is 4.80. The first kappa shape index (κ1) is 7.21. The Morgan fingerprint density at radius 1 is 1.30 bits per heavy atom. The van der Waals surface area contributed by atoms with E-state index in [4.69, 9.17) is 15.3 Å². The van der Waals surface area contributed by atoms with Crippen LogP contribution in [0.2, 0.25) is 0 Å². The molecule has 0 heterocycles. The minimum absolute atomic E-state index is 0.372. The summed E-state index contributed by atoms with van der Waals surface area (Å²) in [5.74, 6) is -1.39. The SMILES string of the molecule is Oc1[c]c(Br)cc(O)c1O. The van der Waals surface area contributed by atoms with E-state index in [0.29, 0.717) is 4.47 Å². The largest absolute Gasteiger partial charge is 0.504 e. The average Bonchev–Trinajstić information content (AvgIpc) is 1.82. The van der Waals surface area contributed by atoms with Gasteiger partial charge in [0.1, 0.15) is 0 Å². The number of aromatic hydroxyl groups is 3. The van der Waals surface area contributed by atoms with Gasteiger partial charge in [-0.25, -0.2) is 0 Å². The van der Waals surface area contributed by atoms with Crippen LogP contribution in [0.1, 0.15) is 0 Å². The summed E-state index contributed by atoms with van der Waals surface area (Å²) in [5.41, 5.74) is 0. The van der Waals surface area contributed by atoms with Crippen LogP contribution >= 0.6 is 15.9 Å². The van der Waals surface area contributed by atoms with Gasteiger partial charge in [-0.15, -0.1) is 0 Å². The van der Waals surface area contributed by atoms with Crippen molar-refractivity contribution in [1.82, 2.24) is 0 Å². The minimum Gasteiger partial charge on any atom is -0.504 e. The zero-order valence-corrected chi connectivity index (χ0v) is 6.38. The van der Waals surface area contributed by atoms with Gasteiger partial charge in [0.2, 0.25) is 5.75 Å². The van der Waals surface area contributed by atoms with Gasteiger partial charge in [-0.3, -0.25) is 0 Å². The topological polar surface area (TPSA) is 60.7 Å². The maximum absolute atomic E-state index is 8.82. The predicted octanol–water partition coefficient (Wildman–Crippen LogP) is 1.37. The number of phenolic OH excluding ortho intramolecular Hbond substituents is 3. The molecule has 1 aromatic carbocycles. The normalized spacial score (nSPS) is 9.70. The van der Waals surface area contributed by atoms with Crippen molar-refractivity contribution in [2.75, 3.05) is 0 Å². The molecule has 4 heteroatoms. The van der Waals surface area contributed by atoms with E-state index in [1.165, 1.54) is 6.07 Å². The lowest BCUT2D eigenvalue weighted by Crippen LogP contribution is -1.71. The standard InChI is InChI=1S/C6H4BrO3/c7-3-1-4(8)6(10)5(9)2-3/h1,8-10H. The Labute approximate surface area is 65.7 Å². The van der Waals surface area contributed by atoms with Gasteiger partial charge in [0, 0.05) is 10.5 Å². The van der Waals surface area contributed by atoms with Crippen LogP contribution in [0.3, 0.4) is 0 Å².